The highest BCUT2D eigenvalue weighted by Crippen LogP contribution is 2.31. The molecule has 67 heavy (non-hydrogen) atoms. The predicted molar refractivity (Wildman–Crippen MR) is 265 cm³/mol. The van der Waals surface area contributed by atoms with Crippen molar-refractivity contribution < 1.29 is 33.4 Å². The molecule has 1 aromatic heterocycles. The number of anilines is 1. The van der Waals surface area contributed by atoms with Gasteiger partial charge in [0, 0.05) is 45.4 Å². The second-order valence-corrected chi connectivity index (χ2v) is 19.9. The molecule has 3 aromatic rings. The Morgan fingerprint density at radius 3 is 2.13 bits per heavy atom. The molecule has 0 bridgehead atoms. The van der Waals surface area contributed by atoms with Crippen molar-refractivity contribution in [2.75, 3.05) is 54.2 Å². The van der Waals surface area contributed by atoms with Crippen LogP contribution < -0.4 is 21.7 Å². The van der Waals surface area contributed by atoms with Gasteiger partial charge in [-0.3, -0.25) is 28.9 Å². The lowest BCUT2D eigenvalue weighted by molar-refractivity contribution is -0.148. The SMILES string of the molecule is CC[C@H](C)[C@@H]([C@@H](CC(=O)N1CCC[C@H]1[C@H](OC)[C@@H](C)C(=O)N[C@@H](Cc1ccccc1)c1nc(C(=O)NCCc2ccc(N)cc2)cs1)OC)N(C)C(=O)[C@@H](NC(=O)C(C(C)C)N(C)C)C(C)C. The number of methoxy groups -OCH3 is 2. The lowest BCUT2D eigenvalue weighted by Gasteiger charge is -2.41. The van der Waals surface area contributed by atoms with E-state index in [1.807, 2.05) is 127 Å². The number of nitrogens with two attached hydrogens (primary N) is 1. The first-order chi connectivity index (χ1) is 31.8. The maximum Gasteiger partial charge on any atom is 0.270 e. The topological polar surface area (TPSA) is 189 Å². The molecule has 2 aromatic carbocycles. The lowest BCUT2D eigenvalue weighted by atomic mass is 9.89. The number of nitrogens with zero attached hydrogens (tertiary/aromatic N) is 4. The molecule has 1 aliphatic rings. The standard InChI is InChI=1S/C51H78N8O7S/c1-13-33(6)45(58(10)51(64)43(31(2)3)56-49(63)44(32(4)5)57(8)9)41(65-11)29-42(60)59-27-17-20-40(59)46(66-12)34(7)47(61)54-38(28-36-18-15-14-16-19-36)50-55-39(30-67-50)48(62)53-26-25-35-21-23-37(52)24-22-35/h14-16,18-19,21-24,30-34,38,40-41,43-46H,13,17,20,25-29,52H2,1-12H3,(H,53,62)(H,54,61)(H,56,63)/t33-,34+,38-,40-,41+,43-,44?,45-,46+/m0/s1. The van der Waals surface area contributed by atoms with Gasteiger partial charge in [0.05, 0.1) is 48.7 Å². The number of carbonyl (C=O) groups excluding carboxylic acids is 5. The Kier molecular flexibility index (Phi) is 21.2. The van der Waals surface area contributed by atoms with Crippen LogP contribution in [0.4, 0.5) is 5.69 Å². The lowest BCUT2D eigenvalue weighted by Crippen LogP contribution is -2.59. The van der Waals surface area contributed by atoms with Gasteiger partial charge in [-0.05, 0) is 80.8 Å². The average molecular weight is 947 g/mol. The molecule has 1 aliphatic heterocycles. The van der Waals surface area contributed by atoms with Crippen molar-refractivity contribution in [1.82, 2.24) is 35.6 Å². The summed E-state index contributed by atoms with van der Waals surface area (Å²) in [6.45, 7) is 14.6. The minimum absolute atomic E-state index is 0.00584. The zero-order chi connectivity index (χ0) is 49.5. The Morgan fingerprint density at radius 1 is 0.881 bits per heavy atom. The van der Waals surface area contributed by atoms with Crippen LogP contribution in [0.2, 0.25) is 0 Å². The van der Waals surface area contributed by atoms with Gasteiger partial charge in [0.25, 0.3) is 5.91 Å². The van der Waals surface area contributed by atoms with Crippen molar-refractivity contribution in [3.63, 3.8) is 0 Å². The Morgan fingerprint density at radius 2 is 1.55 bits per heavy atom. The molecule has 4 rings (SSSR count). The third-order valence-electron chi connectivity index (χ3n) is 13.3. The Labute approximate surface area is 403 Å². The predicted octanol–water partition coefficient (Wildman–Crippen LogP) is 5.75. The first kappa shape index (κ1) is 54.7. The summed E-state index contributed by atoms with van der Waals surface area (Å²) >= 11 is 1.32. The molecule has 1 saturated heterocycles. The van der Waals surface area contributed by atoms with Gasteiger partial charge < -0.3 is 41.0 Å². The van der Waals surface area contributed by atoms with E-state index in [0.717, 1.165) is 24.0 Å². The smallest absolute Gasteiger partial charge is 0.270 e. The fourth-order valence-electron chi connectivity index (χ4n) is 9.41. The van der Waals surface area contributed by atoms with Gasteiger partial charge in [0.15, 0.2) is 0 Å². The van der Waals surface area contributed by atoms with Gasteiger partial charge in [-0.2, -0.15) is 0 Å². The fourth-order valence-corrected chi connectivity index (χ4v) is 10.3. The summed E-state index contributed by atoms with van der Waals surface area (Å²) in [5, 5.41) is 11.5. The van der Waals surface area contributed by atoms with Crippen molar-refractivity contribution in [3.8, 4) is 0 Å². The number of thiazole rings is 1. The number of nitrogen functional groups attached to an aromatic ring is 1. The molecule has 16 heteroatoms. The van der Waals surface area contributed by atoms with Gasteiger partial charge in [0.1, 0.15) is 16.7 Å². The van der Waals surface area contributed by atoms with Crippen molar-refractivity contribution in [3.05, 3.63) is 81.8 Å². The van der Waals surface area contributed by atoms with Crippen LogP contribution in [0.1, 0.15) is 107 Å². The van der Waals surface area contributed by atoms with Crippen LogP contribution in [0.15, 0.2) is 60.0 Å². The van der Waals surface area contributed by atoms with E-state index in [0.29, 0.717) is 43.0 Å². The van der Waals surface area contributed by atoms with Crippen LogP contribution in [0.3, 0.4) is 0 Å². The molecule has 9 atom stereocenters. The van der Waals surface area contributed by atoms with Crippen molar-refractivity contribution >= 4 is 46.6 Å². The first-order valence-electron chi connectivity index (χ1n) is 23.8. The summed E-state index contributed by atoms with van der Waals surface area (Å²) in [5.41, 5.74) is 8.82. The maximum atomic E-state index is 14.5. The number of rotatable bonds is 25. The van der Waals surface area contributed by atoms with Crippen molar-refractivity contribution in [2.24, 2.45) is 23.7 Å². The number of aromatic nitrogens is 1. The second-order valence-electron chi connectivity index (χ2n) is 19.0. The second kappa shape index (κ2) is 26.0. The highest BCUT2D eigenvalue weighted by molar-refractivity contribution is 7.09. The monoisotopic (exact) mass is 947 g/mol. The van der Waals surface area contributed by atoms with E-state index in [2.05, 4.69) is 16.0 Å². The largest absolute Gasteiger partial charge is 0.399 e. The van der Waals surface area contributed by atoms with Crippen LogP contribution in [0.25, 0.3) is 0 Å². The van der Waals surface area contributed by atoms with Crippen LogP contribution in [-0.2, 0) is 41.5 Å². The minimum Gasteiger partial charge on any atom is -0.399 e. The third-order valence-corrected chi connectivity index (χ3v) is 14.2. The number of likely N-dealkylation sites (N-methyl/N-ethyl adjacent to an activating group) is 2. The van der Waals surface area contributed by atoms with Gasteiger partial charge in [-0.1, -0.05) is 97.4 Å². The summed E-state index contributed by atoms with van der Waals surface area (Å²) in [6.07, 6.45) is 1.90. The number of ether oxygens (including phenoxy) is 2. The summed E-state index contributed by atoms with van der Waals surface area (Å²) in [6, 6.07) is 14.7. The van der Waals surface area contributed by atoms with Crippen LogP contribution in [0.5, 0.6) is 0 Å². The molecule has 5 amide bonds. The molecule has 15 nitrogen and oxygen atoms in total. The number of hydrogen-bond acceptors (Lipinski definition) is 11. The molecule has 370 valence electrons. The molecule has 0 radical (unpaired) electrons. The number of benzene rings is 2. The number of hydrogen-bond donors (Lipinski definition) is 4. The fraction of sp³-hybridized carbons (Fsp3) is 0.608. The van der Waals surface area contributed by atoms with Crippen LogP contribution in [0, 0.1) is 23.7 Å². The van der Waals surface area contributed by atoms with E-state index in [9.17, 15) is 24.0 Å². The quantitative estimate of drug-likeness (QED) is 0.0763. The average Bonchev–Trinajstić information content (AvgIpc) is 4.00. The molecular weight excluding hydrogens is 869 g/mol. The Hall–Kier alpha value is -4.90. The van der Waals surface area contributed by atoms with Crippen LogP contribution in [-0.4, -0.2) is 134 Å². The zero-order valence-corrected chi connectivity index (χ0v) is 42.7. The van der Waals surface area contributed by atoms with Gasteiger partial charge in [-0.15, -0.1) is 11.3 Å². The van der Waals surface area contributed by atoms with Gasteiger partial charge >= 0.3 is 0 Å². The molecule has 1 unspecified atom stereocenters. The highest BCUT2D eigenvalue weighted by atomic mass is 32.1. The number of carbonyl (C=O) groups is 5. The zero-order valence-electron chi connectivity index (χ0n) is 41.9. The maximum absolute atomic E-state index is 14.5. The molecule has 0 spiro atoms. The van der Waals surface area contributed by atoms with E-state index < -0.39 is 42.3 Å². The van der Waals surface area contributed by atoms with Gasteiger partial charge in [-0.25, -0.2) is 4.98 Å². The summed E-state index contributed by atoms with van der Waals surface area (Å²) < 4.78 is 12.2. The molecule has 2 heterocycles. The van der Waals surface area contributed by atoms with E-state index in [1.165, 1.54) is 11.3 Å². The number of likely N-dealkylation sites (tertiary alicyclic amines) is 1. The van der Waals surface area contributed by atoms with E-state index in [-0.39, 0.29) is 65.4 Å². The molecule has 0 aliphatic carbocycles. The number of nitrogens with one attached hydrogen (secondary N) is 3. The summed E-state index contributed by atoms with van der Waals surface area (Å²) in [7, 11) is 8.58. The third kappa shape index (κ3) is 14.8. The molecule has 1 fully saturated rings. The number of amides is 5. The molecule has 0 saturated carbocycles. The normalized spacial score (nSPS) is 17.6. The van der Waals surface area contributed by atoms with E-state index >= 15 is 0 Å². The Bertz CT molecular complexity index is 2040. The first-order valence-corrected chi connectivity index (χ1v) is 24.7. The van der Waals surface area contributed by atoms with Gasteiger partial charge in [0.2, 0.25) is 23.6 Å². The van der Waals surface area contributed by atoms with E-state index in [4.69, 9.17) is 20.2 Å². The van der Waals surface area contributed by atoms with Crippen LogP contribution >= 0.6 is 11.3 Å². The molecule has 5 N–H and O–H groups in total. The highest BCUT2D eigenvalue weighted by Gasteiger charge is 2.43. The Balaban J connectivity index is 1.49. The summed E-state index contributed by atoms with van der Waals surface area (Å²) in [4.78, 5) is 80.0. The minimum atomic E-state index is -0.780. The van der Waals surface area contributed by atoms with E-state index in [1.54, 1.807) is 31.5 Å². The van der Waals surface area contributed by atoms with Crippen molar-refractivity contribution in [1.29, 1.82) is 0 Å². The summed E-state index contributed by atoms with van der Waals surface area (Å²) in [5.74, 6) is -2.03. The van der Waals surface area contributed by atoms with Crippen molar-refractivity contribution in [2.45, 2.75) is 129 Å². The molecular formula is C51H78N8O7S.